The number of aromatic nitrogens is 1. The van der Waals surface area contributed by atoms with Gasteiger partial charge in [0.05, 0.1) is 28.1 Å². The largest absolute Gasteiger partial charge is 0.309 e. The van der Waals surface area contributed by atoms with E-state index in [0.717, 1.165) is 17.1 Å². The standard InChI is InChI=1S/C47H34N2/c1-47(2)40-23-11-13-26-44(40)49-43-28-27-33(30-39(43)38-22-14-24-41(47)46(38)49)48(42-25-12-10-19-35(42)31-15-4-3-5-16-31)45-29-32-17-6-7-18-34(32)36-20-8-9-21-37(36)45/h3-30H,1-2H3. The predicted octanol–water partition coefficient (Wildman–Crippen LogP) is 12.9. The lowest BCUT2D eigenvalue weighted by molar-refractivity contribution is 0.630. The van der Waals surface area contributed by atoms with Crippen LogP contribution in [0.1, 0.15) is 25.0 Å². The second-order valence-electron chi connectivity index (χ2n) is 13.8. The molecule has 0 bridgehead atoms. The SMILES string of the molecule is CC1(C)c2ccccc2-n2c3ccc(N(c4ccccc4-c4ccccc4)c4cc5ccccc5c5ccccc45)cc3c3cccc1c32. The van der Waals surface area contributed by atoms with Gasteiger partial charge in [-0.15, -0.1) is 0 Å². The molecule has 2 nitrogen and oxygen atoms in total. The average molecular weight is 627 g/mol. The Labute approximate surface area is 286 Å². The second-order valence-corrected chi connectivity index (χ2v) is 13.8. The normalized spacial score (nSPS) is 13.3. The zero-order valence-electron chi connectivity index (χ0n) is 27.6. The van der Waals surface area contributed by atoms with E-state index in [0.29, 0.717) is 0 Å². The Morgan fingerprint density at radius 2 is 1.14 bits per heavy atom. The van der Waals surface area contributed by atoms with Gasteiger partial charge in [-0.25, -0.2) is 0 Å². The van der Waals surface area contributed by atoms with Gasteiger partial charge in [-0.1, -0.05) is 147 Å². The predicted molar refractivity (Wildman–Crippen MR) is 208 cm³/mol. The first kappa shape index (κ1) is 27.9. The van der Waals surface area contributed by atoms with Crippen LogP contribution in [0.4, 0.5) is 17.1 Å². The van der Waals surface area contributed by atoms with Gasteiger partial charge < -0.3 is 9.47 Å². The van der Waals surface area contributed by atoms with E-state index < -0.39 is 0 Å². The van der Waals surface area contributed by atoms with Crippen LogP contribution in [0, 0.1) is 0 Å². The molecule has 2 heteroatoms. The summed E-state index contributed by atoms with van der Waals surface area (Å²) in [5.41, 5.74) is 12.3. The molecule has 0 radical (unpaired) electrons. The van der Waals surface area contributed by atoms with Crippen molar-refractivity contribution in [3.8, 4) is 16.8 Å². The molecule has 0 atom stereocenters. The first-order valence-electron chi connectivity index (χ1n) is 17.1. The Morgan fingerprint density at radius 3 is 2.02 bits per heavy atom. The van der Waals surface area contributed by atoms with Gasteiger partial charge in [0.2, 0.25) is 0 Å². The Kier molecular flexibility index (Phi) is 5.95. The number of anilines is 3. The minimum Gasteiger partial charge on any atom is -0.309 e. The summed E-state index contributed by atoms with van der Waals surface area (Å²) in [7, 11) is 0. The van der Waals surface area contributed by atoms with Crippen LogP contribution in [0.5, 0.6) is 0 Å². The van der Waals surface area contributed by atoms with E-state index in [2.05, 4.69) is 193 Å². The highest BCUT2D eigenvalue weighted by Gasteiger charge is 2.35. The van der Waals surface area contributed by atoms with Crippen LogP contribution in [0.15, 0.2) is 170 Å². The third-order valence-corrected chi connectivity index (χ3v) is 10.7. The van der Waals surface area contributed by atoms with E-state index in [1.165, 1.54) is 71.3 Å². The van der Waals surface area contributed by atoms with Crippen LogP contribution in [0.25, 0.3) is 60.2 Å². The fourth-order valence-electron chi connectivity index (χ4n) is 8.45. The van der Waals surface area contributed by atoms with Crippen LogP contribution in [0.3, 0.4) is 0 Å². The number of benzene rings is 8. The van der Waals surface area contributed by atoms with E-state index in [9.17, 15) is 0 Å². The Bertz CT molecular complexity index is 2750. The van der Waals surface area contributed by atoms with Crippen molar-refractivity contribution in [2.24, 2.45) is 0 Å². The summed E-state index contributed by atoms with van der Waals surface area (Å²) in [6, 6.07) is 62.4. The summed E-state index contributed by atoms with van der Waals surface area (Å²) in [4.78, 5) is 2.49. The molecule has 49 heavy (non-hydrogen) atoms. The van der Waals surface area contributed by atoms with Crippen LogP contribution >= 0.6 is 0 Å². The van der Waals surface area contributed by atoms with Crippen LogP contribution < -0.4 is 4.90 Å². The van der Waals surface area contributed by atoms with Gasteiger partial charge in [-0.05, 0) is 69.2 Å². The molecule has 1 aliphatic heterocycles. The van der Waals surface area contributed by atoms with Gasteiger partial charge in [0.15, 0.2) is 0 Å². The molecular weight excluding hydrogens is 593 g/mol. The maximum absolute atomic E-state index is 2.50. The van der Waals surface area contributed by atoms with Gasteiger partial charge in [0.1, 0.15) is 0 Å². The van der Waals surface area contributed by atoms with Crippen LogP contribution in [0.2, 0.25) is 0 Å². The molecule has 10 rings (SSSR count). The number of hydrogen-bond acceptors (Lipinski definition) is 1. The molecule has 2 heterocycles. The highest BCUT2D eigenvalue weighted by atomic mass is 15.1. The van der Waals surface area contributed by atoms with Crippen molar-refractivity contribution in [3.63, 3.8) is 0 Å². The molecule has 232 valence electrons. The van der Waals surface area contributed by atoms with Crippen molar-refractivity contribution in [2.45, 2.75) is 19.3 Å². The van der Waals surface area contributed by atoms with Crippen LogP contribution in [-0.2, 0) is 5.41 Å². The third kappa shape index (κ3) is 4.01. The Balaban J connectivity index is 1.31. The fourth-order valence-corrected chi connectivity index (χ4v) is 8.45. The van der Waals surface area contributed by atoms with Gasteiger partial charge in [0.25, 0.3) is 0 Å². The molecule has 9 aromatic rings. The summed E-state index contributed by atoms with van der Waals surface area (Å²) < 4.78 is 2.50. The van der Waals surface area contributed by atoms with Gasteiger partial charge >= 0.3 is 0 Å². The topological polar surface area (TPSA) is 8.17 Å². The number of fused-ring (bicyclic) bond motifs is 8. The van der Waals surface area contributed by atoms with Gasteiger partial charge in [-0.3, -0.25) is 0 Å². The number of nitrogens with zero attached hydrogens (tertiary/aromatic N) is 2. The van der Waals surface area contributed by atoms with Crippen molar-refractivity contribution in [1.82, 2.24) is 4.57 Å². The molecule has 1 aliphatic rings. The summed E-state index contributed by atoms with van der Waals surface area (Å²) in [5, 5.41) is 7.52. The molecular formula is C47H34N2. The monoisotopic (exact) mass is 626 g/mol. The summed E-state index contributed by atoms with van der Waals surface area (Å²) in [5.74, 6) is 0. The number of para-hydroxylation sites is 3. The molecule has 8 aromatic carbocycles. The third-order valence-electron chi connectivity index (χ3n) is 10.7. The van der Waals surface area contributed by atoms with Gasteiger partial charge in [0, 0.05) is 32.8 Å². The van der Waals surface area contributed by atoms with E-state index in [1.807, 2.05) is 0 Å². The first-order valence-corrected chi connectivity index (χ1v) is 17.1. The van der Waals surface area contributed by atoms with Crippen molar-refractivity contribution in [3.05, 3.63) is 181 Å². The van der Waals surface area contributed by atoms with E-state index in [4.69, 9.17) is 0 Å². The molecule has 1 aromatic heterocycles. The molecule has 0 amide bonds. The molecule has 0 N–H and O–H groups in total. The quantitative estimate of drug-likeness (QED) is 0.176. The molecule has 0 saturated carbocycles. The van der Waals surface area contributed by atoms with Crippen molar-refractivity contribution in [1.29, 1.82) is 0 Å². The highest BCUT2D eigenvalue weighted by molar-refractivity contribution is 6.16. The lowest BCUT2D eigenvalue weighted by atomic mass is 9.75. The maximum atomic E-state index is 2.50. The van der Waals surface area contributed by atoms with Gasteiger partial charge in [-0.2, -0.15) is 0 Å². The summed E-state index contributed by atoms with van der Waals surface area (Å²) in [6.07, 6.45) is 0. The van der Waals surface area contributed by atoms with E-state index >= 15 is 0 Å². The molecule has 0 aliphatic carbocycles. The molecule has 0 spiro atoms. The van der Waals surface area contributed by atoms with Crippen LogP contribution in [-0.4, -0.2) is 4.57 Å². The minimum absolute atomic E-state index is 0.103. The lowest BCUT2D eigenvalue weighted by Gasteiger charge is -2.34. The Morgan fingerprint density at radius 1 is 0.469 bits per heavy atom. The smallest absolute Gasteiger partial charge is 0.0582 e. The number of hydrogen-bond donors (Lipinski definition) is 0. The fraction of sp³-hybridized carbons (Fsp3) is 0.0638. The highest BCUT2D eigenvalue weighted by Crippen LogP contribution is 2.50. The molecule has 0 saturated heterocycles. The molecule has 0 fully saturated rings. The second kappa shape index (κ2) is 10.4. The average Bonchev–Trinajstić information content (AvgIpc) is 3.49. The summed E-state index contributed by atoms with van der Waals surface area (Å²) in [6.45, 7) is 4.72. The van der Waals surface area contributed by atoms with Crippen molar-refractivity contribution >= 4 is 60.4 Å². The maximum Gasteiger partial charge on any atom is 0.0582 e. The zero-order chi connectivity index (χ0) is 32.7. The van der Waals surface area contributed by atoms with Crippen molar-refractivity contribution < 1.29 is 0 Å². The van der Waals surface area contributed by atoms with E-state index in [-0.39, 0.29) is 5.41 Å². The Hall–Kier alpha value is -6.12. The summed E-state index contributed by atoms with van der Waals surface area (Å²) >= 11 is 0. The zero-order valence-corrected chi connectivity index (χ0v) is 27.6. The minimum atomic E-state index is -0.103. The van der Waals surface area contributed by atoms with Crippen molar-refractivity contribution in [2.75, 3.05) is 4.90 Å². The first-order chi connectivity index (χ1) is 24.1. The number of rotatable bonds is 4. The lowest BCUT2D eigenvalue weighted by Crippen LogP contribution is -2.26. The molecule has 0 unspecified atom stereocenters. The van der Waals surface area contributed by atoms with E-state index in [1.54, 1.807) is 0 Å².